The van der Waals surface area contributed by atoms with Crippen LogP contribution in [0.25, 0.3) is 0 Å². The van der Waals surface area contributed by atoms with Gasteiger partial charge in [-0.25, -0.2) is 8.70 Å². The van der Waals surface area contributed by atoms with E-state index in [1.165, 1.54) is 17.2 Å². The summed E-state index contributed by atoms with van der Waals surface area (Å²) in [5.41, 5.74) is 4.43. The van der Waals surface area contributed by atoms with Crippen LogP contribution in [-0.2, 0) is 22.7 Å². The van der Waals surface area contributed by atoms with Crippen LogP contribution in [0.15, 0.2) is 41.3 Å². The molecule has 0 aromatic heterocycles. The minimum Gasteiger partial charge on any atom is -0.296 e. The van der Waals surface area contributed by atoms with Crippen LogP contribution in [0.3, 0.4) is 0 Å². The monoisotopic (exact) mass is 370 g/mol. The van der Waals surface area contributed by atoms with Crippen LogP contribution in [0.4, 0.5) is 4.39 Å². The zero-order chi connectivity index (χ0) is 18.3. The van der Waals surface area contributed by atoms with Gasteiger partial charge in [-0.15, -0.1) is 0 Å². The summed E-state index contributed by atoms with van der Waals surface area (Å²) in [4.78, 5) is 24.4. The zero-order valence-corrected chi connectivity index (χ0v) is 15.2. The zero-order valence-electron chi connectivity index (χ0n) is 14.4. The molecule has 2 aromatic rings. The molecule has 26 heavy (non-hydrogen) atoms. The molecule has 1 atom stereocenters. The van der Waals surface area contributed by atoms with E-state index in [1.54, 1.807) is 24.1 Å². The van der Waals surface area contributed by atoms with Crippen molar-refractivity contribution in [1.29, 1.82) is 0 Å². The standard InChI is InChI=1S/C20H19FN2O2S/c1-12-2-5-16(21)9-18(12)26-23-10-14-4-3-13(8-15(14)11-23)17-6-7-19(24)22-20(17)25/h2-5,8-9,17H,6-7,10-11H2,1H3,(H,22,24,25). The minimum atomic E-state index is -0.259. The van der Waals surface area contributed by atoms with Gasteiger partial charge in [0, 0.05) is 24.4 Å². The topological polar surface area (TPSA) is 49.4 Å². The van der Waals surface area contributed by atoms with Gasteiger partial charge < -0.3 is 0 Å². The molecule has 2 aromatic carbocycles. The van der Waals surface area contributed by atoms with Gasteiger partial charge in [-0.2, -0.15) is 0 Å². The third-order valence-corrected chi connectivity index (χ3v) is 6.10. The summed E-state index contributed by atoms with van der Waals surface area (Å²) in [6, 6.07) is 11.0. The highest BCUT2D eigenvalue weighted by Gasteiger charge is 2.29. The van der Waals surface area contributed by atoms with E-state index < -0.39 is 0 Å². The summed E-state index contributed by atoms with van der Waals surface area (Å²) in [6.07, 6.45) is 0.943. The van der Waals surface area contributed by atoms with Gasteiger partial charge in [0.1, 0.15) is 5.82 Å². The number of aryl methyl sites for hydroxylation is 1. The number of fused-ring (bicyclic) bond motifs is 1. The van der Waals surface area contributed by atoms with E-state index in [2.05, 4.69) is 21.8 Å². The lowest BCUT2D eigenvalue weighted by molar-refractivity contribution is -0.134. The van der Waals surface area contributed by atoms with Gasteiger partial charge in [0.15, 0.2) is 0 Å². The van der Waals surface area contributed by atoms with Crippen LogP contribution in [0, 0.1) is 12.7 Å². The fourth-order valence-electron chi connectivity index (χ4n) is 3.49. The summed E-state index contributed by atoms with van der Waals surface area (Å²) < 4.78 is 15.7. The van der Waals surface area contributed by atoms with Crippen molar-refractivity contribution in [1.82, 2.24) is 9.62 Å². The Hall–Kier alpha value is -2.18. The molecule has 4 rings (SSSR count). The number of amides is 2. The molecule has 2 heterocycles. The number of hydrogen-bond donors (Lipinski definition) is 1. The van der Waals surface area contributed by atoms with E-state index in [-0.39, 0.29) is 23.5 Å². The Balaban J connectivity index is 1.50. The van der Waals surface area contributed by atoms with Gasteiger partial charge in [-0.05, 0) is 59.7 Å². The maximum absolute atomic E-state index is 13.5. The fraction of sp³-hybridized carbons (Fsp3) is 0.300. The van der Waals surface area contributed by atoms with Gasteiger partial charge in [0.25, 0.3) is 0 Å². The average molecular weight is 370 g/mol. The summed E-state index contributed by atoms with van der Waals surface area (Å²) in [5.74, 6) is -0.888. The Morgan fingerprint density at radius 2 is 1.92 bits per heavy atom. The van der Waals surface area contributed by atoms with E-state index in [9.17, 15) is 14.0 Å². The summed E-state index contributed by atoms with van der Waals surface area (Å²) >= 11 is 1.56. The highest BCUT2D eigenvalue weighted by Crippen LogP contribution is 2.36. The number of carbonyl (C=O) groups is 2. The van der Waals surface area contributed by atoms with E-state index >= 15 is 0 Å². The summed E-state index contributed by atoms with van der Waals surface area (Å²) in [5, 5.41) is 2.42. The summed E-state index contributed by atoms with van der Waals surface area (Å²) in [6.45, 7) is 3.51. The van der Waals surface area contributed by atoms with Crippen molar-refractivity contribution in [3.63, 3.8) is 0 Å². The van der Waals surface area contributed by atoms with Gasteiger partial charge in [-0.3, -0.25) is 14.9 Å². The largest absolute Gasteiger partial charge is 0.296 e. The number of halogens is 1. The predicted octanol–water partition coefficient (Wildman–Crippen LogP) is 3.68. The highest BCUT2D eigenvalue weighted by molar-refractivity contribution is 7.97. The fourth-order valence-corrected chi connectivity index (χ4v) is 4.55. The molecule has 4 nitrogen and oxygen atoms in total. The van der Waals surface area contributed by atoms with Crippen molar-refractivity contribution in [2.45, 2.75) is 43.7 Å². The maximum atomic E-state index is 13.5. The SMILES string of the molecule is Cc1ccc(F)cc1SN1Cc2ccc(C3CCC(=O)NC3=O)cc2C1. The van der Waals surface area contributed by atoms with Crippen LogP contribution < -0.4 is 5.32 Å². The Bertz CT molecular complexity index is 899. The molecule has 2 amide bonds. The molecular formula is C20H19FN2O2S. The Kier molecular flexibility index (Phi) is 4.54. The normalized spacial score (nSPS) is 20.2. The predicted molar refractivity (Wildman–Crippen MR) is 97.8 cm³/mol. The van der Waals surface area contributed by atoms with Crippen molar-refractivity contribution in [2.24, 2.45) is 0 Å². The number of nitrogens with zero attached hydrogens (tertiary/aromatic N) is 1. The minimum absolute atomic E-state index is 0.194. The molecule has 6 heteroatoms. The molecule has 0 bridgehead atoms. The van der Waals surface area contributed by atoms with Crippen LogP contribution >= 0.6 is 11.9 Å². The highest BCUT2D eigenvalue weighted by atomic mass is 32.2. The van der Waals surface area contributed by atoms with Crippen molar-refractivity contribution in [3.8, 4) is 0 Å². The first kappa shape index (κ1) is 17.2. The third kappa shape index (κ3) is 3.39. The second-order valence-electron chi connectivity index (χ2n) is 6.83. The first-order valence-electron chi connectivity index (χ1n) is 8.64. The van der Waals surface area contributed by atoms with E-state index in [0.717, 1.165) is 29.1 Å². The lowest BCUT2D eigenvalue weighted by atomic mass is 9.89. The van der Waals surface area contributed by atoms with Crippen LogP contribution in [0.5, 0.6) is 0 Å². The Labute approximate surface area is 155 Å². The van der Waals surface area contributed by atoms with Crippen molar-refractivity contribution < 1.29 is 14.0 Å². The van der Waals surface area contributed by atoms with Crippen molar-refractivity contribution in [2.75, 3.05) is 0 Å². The van der Waals surface area contributed by atoms with E-state index in [0.29, 0.717) is 12.8 Å². The molecule has 2 aliphatic rings. The molecule has 0 radical (unpaired) electrons. The first-order chi connectivity index (χ1) is 12.5. The van der Waals surface area contributed by atoms with Gasteiger partial charge in [0.05, 0.1) is 5.92 Å². The Morgan fingerprint density at radius 3 is 2.73 bits per heavy atom. The van der Waals surface area contributed by atoms with Gasteiger partial charge in [-0.1, -0.05) is 24.3 Å². The lowest BCUT2D eigenvalue weighted by Crippen LogP contribution is -2.39. The van der Waals surface area contributed by atoms with Crippen molar-refractivity contribution >= 4 is 23.8 Å². The van der Waals surface area contributed by atoms with E-state index in [4.69, 9.17) is 0 Å². The lowest BCUT2D eigenvalue weighted by Gasteiger charge is -2.21. The second kappa shape index (κ2) is 6.85. The van der Waals surface area contributed by atoms with Crippen molar-refractivity contribution in [3.05, 3.63) is 64.5 Å². The maximum Gasteiger partial charge on any atom is 0.234 e. The number of benzene rings is 2. The smallest absolute Gasteiger partial charge is 0.234 e. The molecule has 134 valence electrons. The number of carbonyl (C=O) groups excluding carboxylic acids is 2. The number of piperidine rings is 1. The molecule has 1 unspecified atom stereocenters. The van der Waals surface area contributed by atoms with E-state index in [1.807, 2.05) is 13.0 Å². The third-order valence-electron chi connectivity index (χ3n) is 4.94. The van der Waals surface area contributed by atoms with Gasteiger partial charge in [0.2, 0.25) is 11.8 Å². The molecule has 2 aliphatic heterocycles. The molecule has 1 N–H and O–H groups in total. The number of nitrogens with one attached hydrogen (secondary N) is 1. The second-order valence-corrected chi connectivity index (χ2v) is 7.97. The average Bonchev–Trinajstić information content (AvgIpc) is 2.99. The quantitative estimate of drug-likeness (QED) is 0.661. The molecular weight excluding hydrogens is 351 g/mol. The molecule has 0 spiro atoms. The molecule has 1 fully saturated rings. The first-order valence-corrected chi connectivity index (χ1v) is 9.41. The number of imide groups is 1. The van der Waals surface area contributed by atoms with Crippen LogP contribution in [0.1, 0.15) is 41.0 Å². The van der Waals surface area contributed by atoms with Gasteiger partial charge >= 0.3 is 0 Å². The molecule has 0 saturated carbocycles. The number of rotatable bonds is 3. The Morgan fingerprint density at radius 1 is 1.12 bits per heavy atom. The molecule has 1 saturated heterocycles. The summed E-state index contributed by atoms with van der Waals surface area (Å²) in [7, 11) is 0. The van der Waals surface area contributed by atoms with Crippen LogP contribution in [-0.4, -0.2) is 16.1 Å². The van der Waals surface area contributed by atoms with Crippen LogP contribution in [0.2, 0.25) is 0 Å². The number of hydrogen-bond acceptors (Lipinski definition) is 4. The molecule has 0 aliphatic carbocycles.